The second-order valence-electron chi connectivity index (χ2n) is 6.45. The summed E-state index contributed by atoms with van der Waals surface area (Å²) in [5.74, 6) is 0.738. The van der Waals surface area contributed by atoms with Crippen molar-refractivity contribution in [1.29, 1.82) is 0 Å². The molecular weight excluding hydrogens is 314 g/mol. The van der Waals surface area contributed by atoms with Gasteiger partial charge in [0.2, 0.25) is 11.9 Å². The number of carbonyl (C=O) groups excluding carboxylic acids is 1. The maximum atomic E-state index is 12.0. The Morgan fingerprint density at radius 1 is 1.08 bits per heavy atom. The Morgan fingerprint density at radius 3 is 2.44 bits per heavy atom. The van der Waals surface area contributed by atoms with Crippen molar-refractivity contribution < 1.29 is 4.79 Å². The topological polar surface area (TPSA) is 61.4 Å². The van der Waals surface area contributed by atoms with Crippen LogP contribution in [0.2, 0.25) is 0 Å². The van der Waals surface area contributed by atoms with E-state index >= 15 is 0 Å². The van der Waals surface area contributed by atoms with Gasteiger partial charge in [-0.1, -0.05) is 30.3 Å². The van der Waals surface area contributed by atoms with Gasteiger partial charge in [0, 0.05) is 32.6 Å². The summed E-state index contributed by atoms with van der Waals surface area (Å²) in [5.41, 5.74) is 1.91. The van der Waals surface area contributed by atoms with Gasteiger partial charge in [-0.3, -0.25) is 4.79 Å². The van der Waals surface area contributed by atoms with Crippen LogP contribution < -0.4 is 10.2 Å². The third-order valence-electron chi connectivity index (χ3n) is 4.42. The molecule has 2 aromatic rings. The van der Waals surface area contributed by atoms with Gasteiger partial charge in [-0.25, -0.2) is 9.97 Å². The summed E-state index contributed by atoms with van der Waals surface area (Å²) in [6, 6.07) is 10.2. The number of piperazine rings is 1. The van der Waals surface area contributed by atoms with E-state index in [1.165, 1.54) is 5.56 Å². The molecule has 1 aromatic carbocycles. The molecule has 0 atom stereocenters. The molecule has 0 saturated carbocycles. The predicted molar refractivity (Wildman–Crippen MR) is 99.8 cm³/mol. The monoisotopic (exact) mass is 339 g/mol. The van der Waals surface area contributed by atoms with Gasteiger partial charge >= 0.3 is 0 Å². The fourth-order valence-corrected chi connectivity index (χ4v) is 2.88. The number of hydrogen-bond acceptors (Lipinski definition) is 5. The number of rotatable bonds is 6. The van der Waals surface area contributed by atoms with Gasteiger partial charge in [-0.2, -0.15) is 0 Å². The molecule has 2 heterocycles. The maximum Gasteiger partial charge on any atom is 0.225 e. The van der Waals surface area contributed by atoms with Crippen molar-refractivity contribution in [3.63, 3.8) is 0 Å². The smallest absolute Gasteiger partial charge is 0.225 e. The normalized spacial score (nSPS) is 15.2. The third kappa shape index (κ3) is 5.26. The summed E-state index contributed by atoms with van der Waals surface area (Å²) in [6.45, 7) is 3.90. The van der Waals surface area contributed by atoms with Gasteiger partial charge in [0.1, 0.15) is 0 Å². The Kier molecular flexibility index (Phi) is 5.95. The van der Waals surface area contributed by atoms with Gasteiger partial charge in [0.05, 0.1) is 18.1 Å². The highest BCUT2D eigenvalue weighted by molar-refractivity contribution is 5.90. The Morgan fingerprint density at radius 2 is 1.76 bits per heavy atom. The molecule has 1 saturated heterocycles. The van der Waals surface area contributed by atoms with Gasteiger partial charge in [-0.15, -0.1) is 0 Å². The number of nitrogens with zero attached hydrogens (tertiary/aromatic N) is 4. The molecule has 1 N–H and O–H groups in total. The minimum atomic E-state index is 0.00637. The number of anilines is 2. The van der Waals surface area contributed by atoms with E-state index in [1.54, 1.807) is 12.4 Å². The summed E-state index contributed by atoms with van der Waals surface area (Å²) < 4.78 is 0. The molecular formula is C19H25N5O. The van der Waals surface area contributed by atoms with E-state index in [2.05, 4.69) is 44.3 Å². The van der Waals surface area contributed by atoms with E-state index in [9.17, 15) is 4.79 Å². The zero-order valence-electron chi connectivity index (χ0n) is 14.7. The van der Waals surface area contributed by atoms with Gasteiger partial charge in [0.15, 0.2) is 0 Å². The van der Waals surface area contributed by atoms with E-state index < -0.39 is 0 Å². The van der Waals surface area contributed by atoms with E-state index in [0.29, 0.717) is 12.1 Å². The van der Waals surface area contributed by atoms with Gasteiger partial charge in [0.25, 0.3) is 0 Å². The number of aromatic nitrogens is 2. The lowest BCUT2D eigenvalue weighted by Gasteiger charge is -2.32. The number of nitrogens with one attached hydrogen (secondary N) is 1. The molecule has 0 aliphatic carbocycles. The van der Waals surface area contributed by atoms with E-state index in [4.69, 9.17) is 0 Å². The highest BCUT2D eigenvalue weighted by atomic mass is 16.1. The molecule has 0 unspecified atom stereocenters. The van der Waals surface area contributed by atoms with Crippen molar-refractivity contribution in [2.75, 3.05) is 43.4 Å². The highest BCUT2D eigenvalue weighted by Crippen LogP contribution is 2.13. The molecule has 1 fully saturated rings. The van der Waals surface area contributed by atoms with Crippen LogP contribution >= 0.6 is 0 Å². The largest absolute Gasteiger partial charge is 0.338 e. The molecule has 1 amide bonds. The number of amides is 1. The van der Waals surface area contributed by atoms with Crippen LogP contribution in [0.1, 0.15) is 18.4 Å². The Labute approximate surface area is 148 Å². The first-order valence-corrected chi connectivity index (χ1v) is 8.80. The molecule has 1 aliphatic rings. The molecule has 1 aliphatic heterocycles. The van der Waals surface area contributed by atoms with Crippen molar-refractivity contribution in [1.82, 2.24) is 14.9 Å². The van der Waals surface area contributed by atoms with Crippen molar-refractivity contribution in [3.05, 3.63) is 48.3 Å². The summed E-state index contributed by atoms with van der Waals surface area (Å²) in [7, 11) is 2.12. The van der Waals surface area contributed by atoms with E-state index in [0.717, 1.165) is 45.0 Å². The number of benzene rings is 1. The summed E-state index contributed by atoms with van der Waals surface area (Å²) in [6.07, 6.45) is 5.61. The average Bonchev–Trinajstić information content (AvgIpc) is 2.64. The lowest BCUT2D eigenvalue weighted by molar-refractivity contribution is -0.116. The molecule has 132 valence electrons. The maximum absolute atomic E-state index is 12.0. The molecule has 1 aromatic heterocycles. The highest BCUT2D eigenvalue weighted by Gasteiger charge is 2.16. The molecule has 6 heteroatoms. The van der Waals surface area contributed by atoms with Crippen LogP contribution in [0.5, 0.6) is 0 Å². The standard InChI is InChI=1S/C19H25N5O/c1-23-10-12-24(13-11-23)19-20-14-17(15-21-19)22-18(25)9-5-8-16-6-3-2-4-7-16/h2-4,6-7,14-15H,5,8-13H2,1H3,(H,22,25). The van der Waals surface area contributed by atoms with Crippen LogP contribution in [-0.4, -0.2) is 54.0 Å². The summed E-state index contributed by atoms with van der Waals surface area (Å²) in [4.78, 5) is 25.3. The first kappa shape index (κ1) is 17.4. The van der Waals surface area contributed by atoms with Crippen LogP contribution in [0.3, 0.4) is 0 Å². The molecule has 25 heavy (non-hydrogen) atoms. The van der Waals surface area contributed by atoms with Gasteiger partial charge < -0.3 is 15.1 Å². The third-order valence-corrected chi connectivity index (χ3v) is 4.42. The van der Waals surface area contributed by atoms with Gasteiger partial charge in [-0.05, 0) is 25.5 Å². The lowest BCUT2D eigenvalue weighted by atomic mass is 10.1. The molecule has 0 radical (unpaired) electrons. The first-order valence-electron chi connectivity index (χ1n) is 8.80. The van der Waals surface area contributed by atoms with Crippen LogP contribution in [0.4, 0.5) is 11.6 Å². The Bertz CT molecular complexity index is 666. The number of hydrogen-bond donors (Lipinski definition) is 1. The van der Waals surface area contributed by atoms with Crippen molar-refractivity contribution in [2.24, 2.45) is 0 Å². The van der Waals surface area contributed by atoms with Crippen molar-refractivity contribution in [3.8, 4) is 0 Å². The molecule has 3 rings (SSSR count). The number of aryl methyl sites for hydroxylation is 1. The zero-order chi connectivity index (χ0) is 17.5. The second-order valence-corrected chi connectivity index (χ2v) is 6.45. The average molecular weight is 339 g/mol. The predicted octanol–water partition coefficient (Wildman–Crippen LogP) is 2.19. The SMILES string of the molecule is CN1CCN(c2ncc(NC(=O)CCCc3ccccc3)cn2)CC1. The molecule has 0 spiro atoms. The fourth-order valence-electron chi connectivity index (χ4n) is 2.88. The number of carbonyl (C=O) groups is 1. The zero-order valence-corrected chi connectivity index (χ0v) is 14.7. The van der Waals surface area contributed by atoms with Crippen LogP contribution in [-0.2, 0) is 11.2 Å². The Hall–Kier alpha value is -2.47. The lowest BCUT2D eigenvalue weighted by Crippen LogP contribution is -2.45. The second kappa shape index (κ2) is 8.58. The van der Waals surface area contributed by atoms with E-state index in [1.807, 2.05) is 18.2 Å². The fraction of sp³-hybridized carbons (Fsp3) is 0.421. The first-order chi connectivity index (χ1) is 12.2. The number of likely N-dealkylation sites (N-methyl/N-ethyl adjacent to an activating group) is 1. The Balaban J connectivity index is 1.44. The quantitative estimate of drug-likeness (QED) is 0.874. The van der Waals surface area contributed by atoms with Crippen molar-refractivity contribution in [2.45, 2.75) is 19.3 Å². The molecule has 0 bridgehead atoms. The summed E-state index contributed by atoms with van der Waals surface area (Å²) >= 11 is 0. The van der Waals surface area contributed by atoms with Crippen LogP contribution in [0, 0.1) is 0 Å². The van der Waals surface area contributed by atoms with Crippen molar-refractivity contribution >= 4 is 17.5 Å². The summed E-state index contributed by atoms with van der Waals surface area (Å²) in [5, 5.41) is 2.87. The minimum Gasteiger partial charge on any atom is -0.338 e. The molecule has 6 nitrogen and oxygen atoms in total. The van der Waals surface area contributed by atoms with Crippen LogP contribution in [0.25, 0.3) is 0 Å². The minimum absolute atomic E-state index is 0.00637. The van der Waals surface area contributed by atoms with E-state index in [-0.39, 0.29) is 5.91 Å². The van der Waals surface area contributed by atoms with Crippen LogP contribution in [0.15, 0.2) is 42.7 Å².